The Morgan fingerprint density at radius 2 is 1.23 bits per heavy atom. The van der Waals surface area contributed by atoms with Crippen LogP contribution in [-0.2, 0) is 14.3 Å². The van der Waals surface area contributed by atoms with Gasteiger partial charge in [0.15, 0.2) is 0 Å². The van der Waals surface area contributed by atoms with Gasteiger partial charge in [0.2, 0.25) is 11.8 Å². The number of ether oxygens (including phenoxy) is 1. The van der Waals surface area contributed by atoms with Crippen molar-refractivity contribution in [3.05, 3.63) is 96.1 Å². The van der Waals surface area contributed by atoms with Crippen molar-refractivity contribution >= 4 is 29.3 Å². The molecule has 3 aromatic rings. The number of hydrogen-bond acceptors (Lipinski definition) is 4. The molecule has 0 aliphatic carbocycles. The molecule has 0 aliphatic rings. The zero-order chi connectivity index (χ0) is 25.3. The van der Waals surface area contributed by atoms with Crippen LogP contribution in [0.5, 0.6) is 0 Å². The second kappa shape index (κ2) is 11.8. The molecule has 35 heavy (non-hydrogen) atoms. The number of carbonyl (C=O) groups excluding carboxylic acids is 3. The summed E-state index contributed by atoms with van der Waals surface area (Å²) in [4.78, 5) is 37.7. The molecule has 7 nitrogen and oxygen atoms in total. The highest BCUT2D eigenvalue weighted by Gasteiger charge is 2.23. The molecule has 7 heteroatoms. The van der Waals surface area contributed by atoms with E-state index in [1.165, 1.54) is 0 Å². The molecule has 3 aromatic carbocycles. The second-order valence-corrected chi connectivity index (χ2v) is 9.02. The maximum absolute atomic E-state index is 13.4. The first-order valence-electron chi connectivity index (χ1n) is 11.5. The Balaban J connectivity index is 1.67. The fourth-order valence-electron chi connectivity index (χ4n) is 3.50. The number of carbonyl (C=O) groups is 3. The van der Waals surface area contributed by atoms with Gasteiger partial charge in [-0.1, -0.05) is 72.8 Å². The molecule has 3 N–H and O–H groups in total. The Kier molecular flexibility index (Phi) is 8.62. The highest BCUT2D eigenvalue weighted by atomic mass is 16.6. The summed E-state index contributed by atoms with van der Waals surface area (Å²) in [6.45, 7) is 5.43. The molecule has 0 bridgehead atoms. The number of anilines is 2. The maximum Gasteiger partial charge on any atom is 0.407 e. The van der Waals surface area contributed by atoms with Crippen LogP contribution in [0.1, 0.15) is 44.2 Å². The molecule has 182 valence electrons. The third kappa shape index (κ3) is 7.99. The van der Waals surface area contributed by atoms with E-state index in [1.807, 2.05) is 60.7 Å². The summed E-state index contributed by atoms with van der Waals surface area (Å²) in [6.07, 6.45) is -0.524. The van der Waals surface area contributed by atoms with E-state index >= 15 is 0 Å². The number of rotatable bonds is 8. The van der Waals surface area contributed by atoms with Crippen molar-refractivity contribution in [2.75, 3.05) is 17.2 Å². The average Bonchev–Trinajstić information content (AvgIpc) is 2.81. The first-order valence-corrected chi connectivity index (χ1v) is 11.5. The Hall–Kier alpha value is -4.13. The largest absolute Gasteiger partial charge is 0.444 e. The van der Waals surface area contributed by atoms with Gasteiger partial charge in [0, 0.05) is 13.0 Å². The molecule has 3 rings (SSSR count). The third-order valence-corrected chi connectivity index (χ3v) is 5.01. The number of benzene rings is 3. The fourth-order valence-corrected chi connectivity index (χ4v) is 3.50. The molecular formula is C28H31N3O4. The minimum atomic E-state index is -0.610. The molecule has 0 saturated carbocycles. The Morgan fingerprint density at radius 1 is 0.743 bits per heavy atom. The zero-order valence-corrected chi connectivity index (χ0v) is 20.2. The lowest BCUT2D eigenvalue weighted by Gasteiger charge is -2.20. The first kappa shape index (κ1) is 25.5. The van der Waals surface area contributed by atoms with Crippen LogP contribution in [0, 0.1) is 0 Å². The monoisotopic (exact) mass is 473 g/mol. The minimum absolute atomic E-state index is 0.0537. The Bertz CT molecular complexity index is 1100. The van der Waals surface area contributed by atoms with Crippen molar-refractivity contribution in [2.24, 2.45) is 0 Å². The molecule has 0 fully saturated rings. The molecule has 0 heterocycles. The van der Waals surface area contributed by atoms with Gasteiger partial charge >= 0.3 is 6.09 Å². The number of amides is 3. The number of hydrogen-bond donors (Lipinski definition) is 3. The third-order valence-electron chi connectivity index (χ3n) is 5.01. The predicted molar refractivity (Wildman–Crippen MR) is 137 cm³/mol. The molecule has 0 unspecified atom stereocenters. The number of nitrogens with one attached hydrogen (secondary N) is 3. The van der Waals surface area contributed by atoms with E-state index in [0.29, 0.717) is 11.4 Å². The van der Waals surface area contributed by atoms with E-state index in [4.69, 9.17) is 4.74 Å². The Labute approximate surface area is 205 Å². The van der Waals surface area contributed by atoms with Gasteiger partial charge in [-0.25, -0.2) is 4.79 Å². The lowest BCUT2D eigenvalue weighted by Crippen LogP contribution is -2.34. The SMILES string of the molecule is CC(C)(C)OC(=O)NCCC(=O)Nc1ccccc1NC(=O)C(c1ccccc1)c1ccccc1. The van der Waals surface area contributed by atoms with Gasteiger partial charge in [-0.15, -0.1) is 0 Å². The van der Waals surface area contributed by atoms with Crippen molar-refractivity contribution in [3.63, 3.8) is 0 Å². The molecule has 0 radical (unpaired) electrons. The summed E-state index contributed by atoms with van der Waals surface area (Å²) in [5.74, 6) is -1.03. The van der Waals surface area contributed by atoms with Gasteiger partial charge in [0.1, 0.15) is 5.60 Å². The van der Waals surface area contributed by atoms with Gasteiger partial charge in [0.05, 0.1) is 17.3 Å². The van der Waals surface area contributed by atoms with Crippen LogP contribution in [0.4, 0.5) is 16.2 Å². The van der Waals surface area contributed by atoms with Crippen molar-refractivity contribution in [3.8, 4) is 0 Å². The average molecular weight is 474 g/mol. The standard InChI is InChI=1S/C28H31N3O4/c1-28(2,3)35-27(34)29-19-18-24(32)30-22-16-10-11-17-23(22)31-26(33)25(20-12-6-4-7-13-20)21-14-8-5-9-15-21/h4-17,25H,18-19H2,1-3H3,(H,29,34)(H,30,32)(H,31,33). The minimum Gasteiger partial charge on any atom is -0.444 e. The van der Waals surface area contributed by atoms with Gasteiger partial charge in [-0.2, -0.15) is 0 Å². The molecule has 0 spiro atoms. The van der Waals surface area contributed by atoms with Crippen LogP contribution >= 0.6 is 0 Å². The summed E-state index contributed by atoms with van der Waals surface area (Å²) >= 11 is 0. The van der Waals surface area contributed by atoms with Crippen LogP contribution in [0.15, 0.2) is 84.9 Å². The second-order valence-electron chi connectivity index (χ2n) is 9.02. The van der Waals surface area contributed by atoms with Gasteiger partial charge in [0.25, 0.3) is 0 Å². The quantitative estimate of drug-likeness (QED) is 0.413. The van der Waals surface area contributed by atoms with Crippen molar-refractivity contribution in [1.29, 1.82) is 0 Å². The first-order chi connectivity index (χ1) is 16.7. The van der Waals surface area contributed by atoms with Crippen molar-refractivity contribution < 1.29 is 19.1 Å². The maximum atomic E-state index is 13.4. The molecule has 0 atom stereocenters. The van der Waals surface area contributed by atoms with Gasteiger partial charge < -0.3 is 20.7 Å². The van der Waals surface area contributed by atoms with E-state index in [2.05, 4.69) is 16.0 Å². The topological polar surface area (TPSA) is 96.5 Å². The van der Waals surface area contributed by atoms with E-state index in [-0.39, 0.29) is 24.8 Å². The van der Waals surface area contributed by atoms with Crippen molar-refractivity contribution in [2.45, 2.75) is 38.7 Å². The van der Waals surface area contributed by atoms with Gasteiger partial charge in [-0.05, 0) is 44.0 Å². The lowest BCUT2D eigenvalue weighted by atomic mass is 9.90. The van der Waals surface area contributed by atoms with Crippen LogP contribution in [0.2, 0.25) is 0 Å². The zero-order valence-electron chi connectivity index (χ0n) is 20.2. The van der Waals surface area contributed by atoms with E-state index in [0.717, 1.165) is 11.1 Å². The lowest BCUT2D eigenvalue weighted by molar-refractivity contribution is -0.117. The molecule has 3 amide bonds. The molecular weight excluding hydrogens is 442 g/mol. The van der Waals surface area contributed by atoms with Crippen LogP contribution in [0.25, 0.3) is 0 Å². The normalized spacial score (nSPS) is 11.0. The molecule has 0 saturated heterocycles. The van der Waals surface area contributed by atoms with Gasteiger partial charge in [-0.3, -0.25) is 9.59 Å². The van der Waals surface area contributed by atoms with E-state index < -0.39 is 17.6 Å². The van der Waals surface area contributed by atoms with E-state index in [9.17, 15) is 14.4 Å². The Morgan fingerprint density at radius 3 is 1.74 bits per heavy atom. The molecule has 0 aromatic heterocycles. The summed E-state index contributed by atoms with van der Waals surface area (Å²) in [5, 5.41) is 8.34. The van der Waals surface area contributed by atoms with E-state index in [1.54, 1.807) is 45.0 Å². The number of para-hydroxylation sites is 2. The summed E-state index contributed by atoms with van der Waals surface area (Å²) in [5.41, 5.74) is 2.09. The summed E-state index contributed by atoms with van der Waals surface area (Å²) < 4.78 is 5.17. The van der Waals surface area contributed by atoms with Crippen molar-refractivity contribution in [1.82, 2.24) is 5.32 Å². The smallest absolute Gasteiger partial charge is 0.407 e. The fraction of sp³-hybridized carbons (Fsp3) is 0.250. The highest BCUT2D eigenvalue weighted by molar-refractivity contribution is 6.03. The van der Waals surface area contributed by atoms with Crippen LogP contribution in [-0.4, -0.2) is 30.1 Å². The van der Waals surface area contributed by atoms with Crippen LogP contribution in [0.3, 0.4) is 0 Å². The summed E-state index contributed by atoms with van der Waals surface area (Å²) in [7, 11) is 0. The van der Waals surface area contributed by atoms with Crippen LogP contribution < -0.4 is 16.0 Å². The summed E-state index contributed by atoms with van der Waals surface area (Å²) in [6, 6.07) is 26.1. The highest BCUT2D eigenvalue weighted by Crippen LogP contribution is 2.28. The number of alkyl carbamates (subject to hydrolysis) is 1. The predicted octanol–water partition coefficient (Wildman–Crippen LogP) is 5.31. The molecule has 0 aliphatic heterocycles.